The Labute approximate surface area is 198 Å². The smallest absolute Gasteiger partial charge is 0.188 e. The van der Waals surface area contributed by atoms with E-state index in [2.05, 4.69) is 21.0 Å². The minimum Gasteiger partial charge on any atom is -0.496 e. The molecule has 0 aromatic heterocycles. The number of nitrogens with one attached hydrogen (secondary N) is 1. The highest BCUT2D eigenvalue weighted by Crippen LogP contribution is 2.32. The first-order valence-corrected chi connectivity index (χ1v) is 10.3. The van der Waals surface area contributed by atoms with Crippen molar-refractivity contribution < 1.29 is 27.0 Å². The van der Waals surface area contributed by atoms with Crippen molar-refractivity contribution in [3.8, 4) is 11.5 Å². The predicted molar refractivity (Wildman–Crippen MR) is 119 cm³/mol. The highest BCUT2D eigenvalue weighted by Gasteiger charge is 2.23. The minimum absolute atomic E-state index is 0.0754. The molecule has 3 aromatic rings. The zero-order chi connectivity index (χ0) is 23.4. The van der Waals surface area contributed by atoms with E-state index in [9.17, 15) is 17.6 Å². The summed E-state index contributed by atoms with van der Waals surface area (Å²) in [6.07, 6.45) is 1.20. The third-order valence-corrected chi connectivity index (χ3v) is 5.41. The van der Waals surface area contributed by atoms with Gasteiger partial charge in [-0.3, -0.25) is 5.43 Å². The molecule has 0 aliphatic rings. The Hall–Kier alpha value is -2.49. The lowest BCUT2D eigenvalue weighted by Gasteiger charge is -2.12. The molecule has 32 heavy (non-hydrogen) atoms. The summed E-state index contributed by atoms with van der Waals surface area (Å²) >= 11 is 14.4. The third-order valence-electron chi connectivity index (χ3n) is 4.18. The maximum absolute atomic E-state index is 13.9. The molecule has 1 N–H and O–H groups in total. The Morgan fingerprint density at radius 1 is 0.969 bits per heavy atom. The molecule has 0 aliphatic heterocycles. The first-order valence-electron chi connectivity index (χ1n) is 8.78. The van der Waals surface area contributed by atoms with Gasteiger partial charge < -0.3 is 9.47 Å². The maximum atomic E-state index is 13.9. The van der Waals surface area contributed by atoms with Crippen molar-refractivity contribution in [2.24, 2.45) is 5.10 Å². The van der Waals surface area contributed by atoms with Crippen LogP contribution >= 0.6 is 39.1 Å². The highest BCUT2D eigenvalue weighted by atomic mass is 79.9. The van der Waals surface area contributed by atoms with E-state index >= 15 is 0 Å². The maximum Gasteiger partial charge on any atom is 0.188 e. The Bertz CT molecular complexity index is 1170. The number of benzene rings is 3. The predicted octanol–water partition coefficient (Wildman–Crippen LogP) is 7.35. The van der Waals surface area contributed by atoms with Crippen LogP contribution in [0.3, 0.4) is 0 Å². The number of hydrazone groups is 1. The standard InChI is InChI=1S/C21H13BrCl2F4N2O2/c1-31-14-4-2-10(6-11(14)9-32-15-5-3-12(23)7-13(15)24)8-29-30-21-19(27)17(25)16(22)18(26)20(21)28/h2-8,30H,9H2,1H3/b29-8-. The molecule has 0 amide bonds. The van der Waals surface area contributed by atoms with Crippen molar-refractivity contribution in [3.05, 3.63) is 85.3 Å². The molecule has 0 bridgehead atoms. The van der Waals surface area contributed by atoms with Gasteiger partial charge in [0, 0.05) is 10.6 Å². The highest BCUT2D eigenvalue weighted by molar-refractivity contribution is 9.10. The van der Waals surface area contributed by atoms with Crippen LogP contribution in [0.25, 0.3) is 0 Å². The van der Waals surface area contributed by atoms with Gasteiger partial charge in [-0.05, 0) is 57.9 Å². The summed E-state index contributed by atoms with van der Waals surface area (Å²) < 4.78 is 65.1. The Kier molecular flexibility index (Phi) is 7.86. The lowest BCUT2D eigenvalue weighted by Crippen LogP contribution is -2.04. The summed E-state index contributed by atoms with van der Waals surface area (Å²) in [5, 5.41) is 4.46. The van der Waals surface area contributed by atoms with Gasteiger partial charge in [0.25, 0.3) is 0 Å². The summed E-state index contributed by atoms with van der Waals surface area (Å²) in [7, 11) is 1.48. The number of rotatable bonds is 7. The lowest BCUT2D eigenvalue weighted by atomic mass is 10.1. The van der Waals surface area contributed by atoms with Crippen LogP contribution in [0, 0.1) is 23.3 Å². The summed E-state index contributed by atoms with van der Waals surface area (Å²) in [6, 6.07) is 9.66. The molecule has 0 radical (unpaired) electrons. The molecule has 4 nitrogen and oxygen atoms in total. The van der Waals surface area contributed by atoms with Crippen LogP contribution in [-0.2, 0) is 6.61 Å². The van der Waals surface area contributed by atoms with Crippen LogP contribution in [-0.4, -0.2) is 13.3 Å². The molecule has 0 spiro atoms. The second kappa shape index (κ2) is 10.4. The van der Waals surface area contributed by atoms with Crippen molar-refractivity contribution in [1.82, 2.24) is 0 Å². The Morgan fingerprint density at radius 3 is 2.25 bits per heavy atom. The SMILES string of the molecule is COc1ccc(/C=N\Nc2c(F)c(F)c(Br)c(F)c2F)cc1COc1ccc(Cl)cc1Cl. The van der Waals surface area contributed by atoms with E-state index in [1.807, 2.05) is 5.43 Å². The summed E-state index contributed by atoms with van der Waals surface area (Å²) in [5.41, 5.74) is 2.02. The monoisotopic (exact) mass is 550 g/mol. The van der Waals surface area contributed by atoms with Crippen molar-refractivity contribution in [2.75, 3.05) is 12.5 Å². The van der Waals surface area contributed by atoms with Gasteiger partial charge in [-0.15, -0.1) is 0 Å². The Balaban J connectivity index is 1.79. The van der Waals surface area contributed by atoms with E-state index in [1.165, 1.54) is 19.4 Å². The van der Waals surface area contributed by atoms with Gasteiger partial charge in [-0.25, -0.2) is 17.6 Å². The lowest BCUT2D eigenvalue weighted by molar-refractivity contribution is 0.297. The molecular formula is C21H13BrCl2F4N2O2. The van der Waals surface area contributed by atoms with Crippen LogP contribution in [0.1, 0.15) is 11.1 Å². The van der Waals surface area contributed by atoms with Gasteiger partial charge >= 0.3 is 0 Å². The number of nitrogens with zero attached hydrogens (tertiary/aromatic N) is 1. The van der Waals surface area contributed by atoms with E-state index in [-0.39, 0.29) is 6.61 Å². The topological polar surface area (TPSA) is 42.8 Å². The van der Waals surface area contributed by atoms with Gasteiger partial charge in [-0.1, -0.05) is 23.2 Å². The van der Waals surface area contributed by atoms with Gasteiger partial charge in [0.2, 0.25) is 0 Å². The molecule has 0 atom stereocenters. The fourth-order valence-corrected chi connectivity index (χ4v) is 3.42. The Morgan fingerprint density at radius 2 is 1.62 bits per heavy atom. The van der Waals surface area contributed by atoms with Gasteiger partial charge in [0.1, 0.15) is 23.8 Å². The number of hydrogen-bond acceptors (Lipinski definition) is 4. The molecule has 0 saturated carbocycles. The average molecular weight is 552 g/mol. The van der Waals surface area contributed by atoms with E-state index < -0.39 is 33.4 Å². The van der Waals surface area contributed by atoms with Crippen molar-refractivity contribution in [2.45, 2.75) is 6.61 Å². The molecule has 11 heteroatoms. The molecule has 0 unspecified atom stereocenters. The number of ether oxygens (including phenoxy) is 2. The molecule has 0 aliphatic carbocycles. The van der Waals surface area contributed by atoms with E-state index in [1.54, 1.807) is 30.3 Å². The summed E-state index contributed by atoms with van der Waals surface area (Å²) in [5.74, 6) is -5.47. The molecule has 168 valence electrons. The van der Waals surface area contributed by atoms with Gasteiger partial charge in [-0.2, -0.15) is 5.10 Å². The molecule has 0 saturated heterocycles. The first-order chi connectivity index (χ1) is 15.2. The zero-order valence-corrected chi connectivity index (χ0v) is 19.3. The van der Waals surface area contributed by atoms with Crippen LogP contribution < -0.4 is 14.9 Å². The second-order valence-electron chi connectivity index (χ2n) is 6.25. The fourth-order valence-electron chi connectivity index (χ4n) is 2.61. The van der Waals surface area contributed by atoms with Crippen molar-refractivity contribution >= 4 is 51.0 Å². The number of anilines is 1. The summed E-state index contributed by atoms with van der Waals surface area (Å²) in [6.45, 7) is 0.0754. The molecule has 3 rings (SSSR count). The van der Waals surface area contributed by atoms with E-state index in [0.29, 0.717) is 32.7 Å². The zero-order valence-electron chi connectivity index (χ0n) is 16.2. The second-order valence-corrected chi connectivity index (χ2v) is 7.89. The normalized spacial score (nSPS) is 11.1. The quantitative estimate of drug-likeness (QED) is 0.110. The molecule has 3 aromatic carbocycles. The van der Waals surface area contributed by atoms with Crippen LogP contribution in [0.4, 0.5) is 23.2 Å². The molecule has 0 heterocycles. The first kappa shape index (κ1) is 24.2. The summed E-state index contributed by atoms with van der Waals surface area (Å²) in [4.78, 5) is 0. The molecular weight excluding hydrogens is 539 g/mol. The van der Waals surface area contributed by atoms with Crippen LogP contribution in [0.5, 0.6) is 11.5 Å². The van der Waals surface area contributed by atoms with Gasteiger partial charge in [0.15, 0.2) is 23.3 Å². The van der Waals surface area contributed by atoms with E-state index in [0.717, 1.165) is 0 Å². The third kappa shape index (κ3) is 5.28. The average Bonchev–Trinajstić information content (AvgIpc) is 2.78. The number of hydrogen-bond donors (Lipinski definition) is 1. The molecule has 0 fully saturated rings. The number of methoxy groups -OCH3 is 1. The van der Waals surface area contributed by atoms with Crippen molar-refractivity contribution in [3.63, 3.8) is 0 Å². The van der Waals surface area contributed by atoms with Crippen LogP contribution in [0.15, 0.2) is 46.0 Å². The van der Waals surface area contributed by atoms with Crippen molar-refractivity contribution in [1.29, 1.82) is 0 Å². The minimum atomic E-state index is -1.61. The van der Waals surface area contributed by atoms with E-state index in [4.69, 9.17) is 32.7 Å². The number of halogens is 7. The van der Waals surface area contributed by atoms with Gasteiger partial charge in [0.05, 0.1) is 22.8 Å². The fraction of sp³-hybridized carbons (Fsp3) is 0.0952. The largest absolute Gasteiger partial charge is 0.496 e. The van der Waals surface area contributed by atoms with Crippen LogP contribution in [0.2, 0.25) is 10.0 Å².